The number of nitrogens with zero attached hydrogens (tertiary/aromatic N) is 3. The van der Waals surface area contributed by atoms with Crippen molar-refractivity contribution in [3.8, 4) is 11.1 Å². The molecule has 3 aromatic heterocycles. The van der Waals surface area contributed by atoms with Crippen molar-refractivity contribution in [2.24, 2.45) is 7.05 Å². The van der Waals surface area contributed by atoms with E-state index in [9.17, 15) is 31.1 Å². The van der Waals surface area contributed by atoms with Crippen LogP contribution in [0.2, 0.25) is 0 Å². The summed E-state index contributed by atoms with van der Waals surface area (Å²) < 4.78 is 87.6. The second-order valence-electron chi connectivity index (χ2n) is 9.23. The Morgan fingerprint density at radius 2 is 1.79 bits per heavy atom. The largest absolute Gasteiger partial charge is 0.417 e. The Bertz CT molecular complexity index is 1790. The molecule has 0 saturated heterocycles. The maximum absolute atomic E-state index is 14.5. The fourth-order valence-electron chi connectivity index (χ4n) is 5.19. The molecular weight excluding hydrogens is 510 g/mol. The zero-order chi connectivity index (χ0) is 27.1. The van der Waals surface area contributed by atoms with Gasteiger partial charge in [-0.05, 0) is 49.2 Å². The summed E-state index contributed by atoms with van der Waals surface area (Å²) in [5.74, 6) is -5.54. The molecule has 0 aliphatic carbocycles. The van der Waals surface area contributed by atoms with Crippen molar-refractivity contribution in [2.75, 3.05) is 11.9 Å². The molecule has 1 aliphatic heterocycles. The van der Waals surface area contributed by atoms with Crippen LogP contribution in [0.4, 0.5) is 32.0 Å². The smallest absolute Gasteiger partial charge is 0.382 e. The van der Waals surface area contributed by atoms with E-state index in [0.717, 1.165) is 6.07 Å². The number of rotatable bonds is 2. The number of halogens is 6. The number of hydrogen-bond donors (Lipinski definition) is 1. The average molecular weight is 528 g/mol. The Labute approximate surface area is 211 Å². The van der Waals surface area contributed by atoms with Gasteiger partial charge in [-0.2, -0.15) is 18.3 Å². The molecule has 0 spiro atoms. The van der Waals surface area contributed by atoms with Gasteiger partial charge in [-0.25, -0.2) is 13.2 Å². The van der Waals surface area contributed by atoms with Crippen LogP contribution in [-0.2, 0) is 19.6 Å². The van der Waals surface area contributed by atoms with Gasteiger partial charge in [0.25, 0.3) is 0 Å². The van der Waals surface area contributed by atoms with E-state index in [0.29, 0.717) is 46.2 Å². The minimum absolute atomic E-state index is 0.0194. The number of ketones is 1. The number of anilines is 1. The number of fused-ring (bicyclic) bond motifs is 4. The molecular formula is C27H18F6N4O. The predicted octanol–water partition coefficient (Wildman–Crippen LogP) is 6.44. The van der Waals surface area contributed by atoms with Crippen molar-refractivity contribution in [2.45, 2.75) is 19.5 Å². The second-order valence-corrected chi connectivity index (χ2v) is 9.23. The first-order valence-electron chi connectivity index (χ1n) is 11.6. The molecule has 11 heteroatoms. The Morgan fingerprint density at radius 3 is 2.47 bits per heavy atom. The van der Waals surface area contributed by atoms with Crippen molar-refractivity contribution in [3.63, 3.8) is 0 Å². The summed E-state index contributed by atoms with van der Waals surface area (Å²) in [4.78, 5) is 13.3. The highest BCUT2D eigenvalue weighted by atomic mass is 19.4. The van der Waals surface area contributed by atoms with E-state index < -0.39 is 40.5 Å². The number of aryl methyl sites for hydroxylation is 2. The molecule has 194 valence electrons. The van der Waals surface area contributed by atoms with Gasteiger partial charge in [-0.1, -0.05) is 6.07 Å². The van der Waals surface area contributed by atoms with Gasteiger partial charge in [0.2, 0.25) is 5.78 Å². The van der Waals surface area contributed by atoms with E-state index >= 15 is 0 Å². The Kier molecular flexibility index (Phi) is 5.14. The van der Waals surface area contributed by atoms with Crippen LogP contribution >= 0.6 is 0 Å². The third kappa shape index (κ3) is 3.41. The molecule has 0 amide bonds. The number of nitrogens with one attached hydrogen (secondary N) is 1. The fraction of sp³-hybridized carbons (Fsp3) is 0.185. The third-order valence-corrected chi connectivity index (χ3v) is 7.04. The molecule has 0 fully saturated rings. The van der Waals surface area contributed by atoms with Crippen LogP contribution < -0.4 is 5.32 Å². The molecule has 38 heavy (non-hydrogen) atoms. The molecule has 5 aromatic rings. The number of aromatic nitrogens is 3. The van der Waals surface area contributed by atoms with E-state index in [1.54, 1.807) is 14.0 Å². The number of pyridine rings is 1. The number of alkyl halides is 3. The molecule has 0 bridgehead atoms. The first-order valence-corrected chi connectivity index (χ1v) is 11.6. The van der Waals surface area contributed by atoms with Gasteiger partial charge in [0.15, 0.2) is 17.5 Å². The topological polar surface area (TPSA) is 51.3 Å². The van der Waals surface area contributed by atoms with Crippen LogP contribution in [-0.4, -0.2) is 26.5 Å². The van der Waals surface area contributed by atoms with Gasteiger partial charge >= 0.3 is 6.18 Å². The summed E-state index contributed by atoms with van der Waals surface area (Å²) in [5, 5.41) is 7.95. The second kappa shape index (κ2) is 8.11. The zero-order valence-electron chi connectivity index (χ0n) is 20.0. The van der Waals surface area contributed by atoms with Gasteiger partial charge in [-0.3, -0.25) is 9.48 Å². The normalized spacial score (nSPS) is 13.4. The molecule has 0 saturated carbocycles. The summed E-state index contributed by atoms with van der Waals surface area (Å²) in [6.45, 7) is 1.93. The molecule has 0 unspecified atom stereocenters. The molecule has 4 heterocycles. The first-order chi connectivity index (χ1) is 18.0. The lowest BCUT2D eigenvalue weighted by molar-refractivity contribution is -0.136. The van der Waals surface area contributed by atoms with Crippen LogP contribution in [0.5, 0.6) is 0 Å². The minimum Gasteiger partial charge on any atom is -0.382 e. The quantitative estimate of drug-likeness (QED) is 0.163. The SMILES string of the molecule is Cc1c2cc(C(F)(F)F)c3c(c2nn1C)NCCc1cc(C(=O)c2cc(F)c(F)c(F)c2)n2cccc-3c12. The fourth-order valence-corrected chi connectivity index (χ4v) is 5.19. The number of carbonyl (C=O) groups excluding carboxylic acids is 1. The van der Waals surface area contributed by atoms with E-state index in [-0.39, 0.29) is 29.1 Å². The lowest BCUT2D eigenvalue weighted by Crippen LogP contribution is -2.14. The Hall–Kier alpha value is -4.28. The van der Waals surface area contributed by atoms with Crippen molar-refractivity contribution >= 4 is 27.9 Å². The third-order valence-electron chi connectivity index (χ3n) is 7.04. The maximum Gasteiger partial charge on any atom is 0.417 e. The summed E-state index contributed by atoms with van der Waals surface area (Å²) in [5.41, 5.74) is 0.930. The van der Waals surface area contributed by atoms with Gasteiger partial charge in [0, 0.05) is 47.6 Å². The number of hydrogen-bond acceptors (Lipinski definition) is 3. The summed E-state index contributed by atoms with van der Waals surface area (Å²) >= 11 is 0. The Morgan fingerprint density at radius 1 is 1.08 bits per heavy atom. The average Bonchev–Trinajstić information content (AvgIpc) is 3.36. The van der Waals surface area contributed by atoms with Crippen molar-refractivity contribution < 1.29 is 31.1 Å². The van der Waals surface area contributed by atoms with Crippen molar-refractivity contribution in [1.82, 2.24) is 14.2 Å². The van der Waals surface area contributed by atoms with Crippen molar-refractivity contribution in [1.29, 1.82) is 0 Å². The van der Waals surface area contributed by atoms with E-state index in [1.807, 2.05) is 0 Å². The predicted molar refractivity (Wildman–Crippen MR) is 129 cm³/mol. The molecule has 5 nitrogen and oxygen atoms in total. The van der Waals surface area contributed by atoms with Crippen molar-refractivity contribution in [3.05, 3.63) is 88.1 Å². The highest BCUT2D eigenvalue weighted by Gasteiger charge is 2.38. The number of benzene rings is 2. The summed E-state index contributed by atoms with van der Waals surface area (Å²) in [7, 11) is 1.66. The monoisotopic (exact) mass is 528 g/mol. The highest BCUT2D eigenvalue weighted by Crippen LogP contribution is 2.47. The van der Waals surface area contributed by atoms with E-state index in [2.05, 4.69) is 10.4 Å². The van der Waals surface area contributed by atoms with Crippen LogP contribution in [0, 0.1) is 24.4 Å². The molecule has 0 radical (unpaired) electrons. The van der Waals surface area contributed by atoms with E-state index in [4.69, 9.17) is 0 Å². The van der Waals surface area contributed by atoms with Crippen LogP contribution in [0.25, 0.3) is 27.5 Å². The van der Waals surface area contributed by atoms with E-state index in [1.165, 1.54) is 33.5 Å². The molecule has 1 aliphatic rings. The van der Waals surface area contributed by atoms with Crippen LogP contribution in [0.1, 0.15) is 32.9 Å². The lowest BCUT2D eigenvalue weighted by Gasteiger charge is -2.22. The maximum atomic E-state index is 14.5. The molecule has 6 rings (SSSR count). The van der Waals surface area contributed by atoms with Crippen LogP contribution in [0.15, 0.2) is 42.6 Å². The lowest BCUT2D eigenvalue weighted by atomic mass is 9.92. The molecule has 2 aromatic carbocycles. The minimum atomic E-state index is -4.71. The highest BCUT2D eigenvalue weighted by molar-refractivity contribution is 6.10. The van der Waals surface area contributed by atoms with Gasteiger partial charge < -0.3 is 9.72 Å². The number of carbonyl (C=O) groups is 1. The Balaban J connectivity index is 1.67. The van der Waals surface area contributed by atoms with Gasteiger partial charge in [-0.15, -0.1) is 0 Å². The molecule has 0 atom stereocenters. The van der Waals surface area contributed by atoms with Gasteiger partial charge in [0.1, 0.15) is 5.52 Å². The molecule has 1 N–H and O–H groups in total. The summed E-state index contributed by atoms with van der Waals surface area (Å²) in [6.07, 6.45) is -2.87. The van der Waals surface area contributed by atoms with Gasteiger partial charge in [0.05, 0.1) is 22.5 Å². The first kappa shape index (κ1) is 24.1. The summed E-state index contributed by atoms with van der Waals surface area (Å²) in [6, 6.07) is 6.80. The standard InChI is InChI=1S/C27H18F6N4O/c1-12-16-11-17(27(31,32)33)21-15-4-3-7-37-20(26(38)14-8-18(28)22(30)19(29)9-14)10-13(25(15)37)5-6-34-24(21)23(16)35-36(12)2/h3-4,7-11,34H,5-6H2,1-2H3. The van der Waals surface area contributed by atoms with Crippen LogP contribution in [0.3, 0.4) is 0 Å². The zero-order valence-corrected chi connectivity index (χ0v) is 20.0.